The van der Waals surface area contributed by atoms with Crippen molar-refractivity contribution in [3.63, 3.8) is 0 Å². The van der Waals surface area contributed by atoms with Crippen LogP contribution in [-0.4, -0.2) is 18.5 Å². The van der Waals surface area contributed by atoms with Gasteiger partial charge in [0, 0.05) is 18.2 Å². The normalized spacial score (nSPS) is 9.89. The first-order chi connectivity index (χ1) is 13.1. The van der Waals surface area contributed by atoms with Crippen molar-refractivity contribution in [2.24, 2.45) is 0 Å². The van der Waals surface area contributed by atoms with Crippen LogP contribution in [0.1, 0.15) is 31.2 Å². The fourth-order valence-corrected chi connectivity index (χ4v) is 2.50. The first-order valence-corrected chi connectivity index (χ1v) is 8.82. The van der Waals surface area contributed by atoms with E-state index in [1.807, 2.05) is 36.4 Å². The van der Waals surface area contributed by atoms with E-state index in [9.17, 15) is 9.59 Å². The van der Waals surface area contributed by atoms with E-state index < -0.39 is 5.97 Å². The van der Waals surface area contributed by atoms with Crippen molar-refractivity contribution in [2.75, 3.05) is 11.9 Å². The van der Waals surface area contributed by atoms with Gasteiger partial charge in [0.2, 0.25) is 5.91 Å². The van der Waals surface area contributed by atoms with Crippen molar-refractivity contribution in [3.05, 3.63) is 66.7 Å². The zero-order valence-electron chi connectivity index (χ0n) is 15.1. The summed E-state index contributed by atoms with van der Waals surface area (Å²) in [5, 5.41) is 11.7. The van der Waals surface area contributed by atoms with E-state index in [2.05, 4.69) is 18.0 Å². The van der Waals surface area contributed by atoms with E-state index in [-0.39, 0.29) is 5.91 Å². The van der Waals surface area contributed by atoms with Crippen LogP contribution in [0.3, 0.4) is 0 Å². The Kier molecular flexibility index (Phi) is 7.80. The van der Waals surface area contributed by atoms with Crippen LogP contribution in [0.5, 0.6) is 0 Å². The molecule has 1 N–H and O–H groups in total. The molecule has 0 aliphatic heterocycles. The van der Waals surface area contributed by atoms with Gasteiger partial charge in [-0.15, -0.1) is 0 Å². The second-order valence-corrected chi connectivity index (χ2v) is 6.00. The number of hydrogen-bond acceptors (Lipinski definition) is 4. The maximum Gasteiger partial charge on any atom is 0.330 e. The molecule has 5 heteroatoms. The van der Waals surface area contributed by atoms with Crippen molar-refractivity contribution in [1.82, 2.24) is 0 Å². The second-order valence-electron chi connectivity index (χ2n) is 6.00. The van der Waals surface area contributed by atoms with Gasteiger partial charge in [-0.1, -0.05) is 30.8 Å². The van der Waals surface area contributed by atoms with Crippen LogP contribution in [0, 0.1) is 11.3 Å². The third-order valence-electron chi connectivity index (χ3n) is 3.98. The van der Waals surface area contributed by atoms with Crippen molar-refractivity contribution in [2.45, 2.75) is 25.7 Å². The number of unbranched alkanes of at least 4 members (excludes halogenated alkanes) is 2. The number of benzene rings is 2. The fourth-order valence-electron chi connectivity index (χ4n) is 2.50. The lowest BCUT2D eigenvalue weighted by Gasteiger charge is -2.07. The van der Waals surface area contributed by atoms with E-state index in [1.165, 1.54) is 0 Å². The lowest BCUT2D eigenvalue weighted by Crippen LogP contribution is -2.11. The van der Waals surface area contributed by atoms with E-state index in [0.29, 0.717) is 18.6 Å². The molecule has 1 amide bonds. The summed E-state index contributed by atoms with van der Waals surface area (Å²) in [6.07, 6.45) is 3.84. The quantitative estimate of drug-likeness (QED) is 0.406. The Labute approximate surface area is 159 Å². The molecule has 27 heavy (non-hydrogen) atoms. The van der Waals surface area contributed by atoms with E-state index in [0.717, 1.165) is 42.2 Å². The predicted octanol–water partition coefficient (Wildman–Crippen LogP) is 4.45. The lowest BCUT2D eigenvalue weighted by atomic mass is 10.0. The van der Waals surface area contributed by atoms with Gasteiger partial charge < -0.3 is 10.1 Å². The minimum Gasteiger partial charge on any atom is -0.463 e. The van der Waals surface area contributed by atoms with Crippen LogP contribution in [0.15, 0.2) is 61.2 Å². The Morgan fingerprint density at radius 3 is 2.22 bits per heavy atom. The smallest absolute Gasteiger partial charge is 0.330 e. The average Bonchev–Trinajstić information content (AvgIpc) is 2.71. The number of amides is 1. The molecule has 0 aromatic heterocycles. The Bertz CT molecular complexity index is 818. The second kappa shape index (κ2) is 10.6. The van der Waals surface area contributed by atoms with Crippen LogP contribution in [-0.2, 0) is 14.3 Å². The number of rotatable bonds is 9. The monoisotopic (exact) mass is 362 g/mol. The Morgan fingerprint density at radius 1 is 1.00 bits per heavy atom. The van der Waals surface area contributed by atoms with Crippen LogP contribution < -0.4 is 5.32 Å². The van der Waals surface area contributed by atoms with E-state index in [1.54, 1.807) is 12.1 Å². The number of nitrogens with zero attached hydrogens (tertiary/aromatic N) is 1. The first kappa shape index (κ1) is 19.9. The Hall–Kier alpha value is -3.39. The topological polar surface area (TPSA) is 79.2 Å². The number of ether oxygens (including phenoxy) is 1. The van der Waals surface area contributed by atoms with Gasteiger partial charge in [-0.05, 0) is 54.7 Å². The molecule has 138 valence electrons. The summed E-state index contributed by atoms with van der Waals surface area (Å²) in [5.74, 6) is -0.457. The summed E-state index contributed by atoms with van der Waals surface area (Å²) < 4.78 is 4.88. The summed E-state index contributed by atoms with van der Waals surface area (Å²) in [5.41, 5.74) is 3.41. The molecular formula is C22H22N2O3. The molecule has 0 fully saturated rings. The molecule has 2 aromatic carbocycles. The van der Waals surface area contributed by atoms with Gasteiger partial charge in [-0.2, -0.15) is 5.26 Å². The van der Waals surface area contributed by atoms with E-state index in [4.69, 9.17) is 10.00 Å². The van der Waals surface area contributed by atoms with Crippen LogP contribution in [0.4, 0.5) is 5.69 Å². The minimum atomic E-state index is -0.419. The largest absolute Gasteiger partial charge is 0.463 e. The summed E-state index contributed by atoms with van der Waals surface area (Å²) in [6, 6.07) is 17.1. The zero-order valence-corrected chi connectivity index (χ0v) is 15.1. The van der Waals surface area contributed by atoms with Crippen molar-refractivity contribution in [1.29, 1.82) is 5.26 Å². The molecule has 2 aromatic rings. The van der Waals surface area contributed by atoms with Crippen LogP contribution >= 0.6 is 0 Å². The highest BCUT2D eigenvalue weighted by Gasteiger charge is 2.04. The van der Waals surface area contributed by atoms with Crippen molar-refractivity contribution < 1.29 is 14.3 Å². The number of carbonyl (C=O) groups excluding carboxylic acids is 2. The van der Waals surface area contributed by atoms with Crippen LogP contribution in [0.25, 0.3) is 11.1 Å². The minimum absolute atomic E-state index is 0.0378. The molecule has 0 unspecified atom stereocenters. The van der Waals surface area contributed by atoms with Gasteiger partial charge in [-0.25, -0.2) is 4.79 Å². The highest BCUT2D eigenvalue weighted by Crippen LogP contribution is 2.22. The molecule has 0 aliphatic rings. The number of esters is 1. The third-order valence-corrected chi connectivity index (χ3v) is 3.98. The summed E-state index contributed by atoms with van der Waals surface area (Å²) in [6.45, 7) is 3.68. The number of hydrogen-bond donors (Lipinski definition) is 1. The van der Waals surface area contributed by atoms with Gasteiger partial charge in [0.15, 0.2) is 0 Å². The van der Waals surface area contributed by atoms with Crippen LogP contribution in [0.2, 0.25) is 0 Å². The van der Waals surface area contributed by atoms with Crippen molar-refractivity contribution >= 4 is 17.6 Å². The van der Waals surface area contributed by atoms with Crippen molar-refractivity contribution in [3.8, 4) is 17.2 Å². The molecule has 0 radical (unpaired) electrons. The lowest BCUT2D eigenvalue weighted by molar-refractivity contribution is -0.137. The Morgan fingerprint density at radius 2 is 1.63 bits per heavy atom. The molecule has 0 saturated carbocycles. The van der Waals surface area contributed by atoms with Gasteiger partial charge in [0.05, 0.1) is 18.2 Å². The molecule has 0 bridgehead atoms. The summed E-state index contributed by atoms with van der Waals surface area (Å²) in [4.78, 5) is 22.9. The SMILES string of the molecule is C=CC(=O)OCCCCCC(=O)Nc1ccc(-c2ccc(C#N)cc2)cc1. The number of carbonyl (C=O) groups is 2. The molecule has 2 rings (SSSR count). The molecule has 0 atom stereocenters. The third kappa shape index (κ3) is 6.79. The van der Waals surface area contributed by atoms with Gasteiger partial charge in [0.25, 0.3) is 0 Å². The van der Waals surface area contributed by atoms with Gasteiger partial charge in [0.1, 0.15) is 0 Å². The summed E-state index contributed by atoms with van der Waals surface area (Å²) in [7, 11) is 0. The zero-order chi connectivity index (χ0) is 19.5. The number of nitriles is 1. The molecule has 0 heterocycles. The molecule has 0 spiro atoms. The van der Waals surface area contributed by atoms with Gasteiger partial charge in [-0.3, -0.25) is 4.79 Å². The standard InChI is InChI=1S/C22H22N2O3/c1-2-22(26)27-15-5-3-4-6-21(25)24-20-13-11-19(12-14-20)18-9-7-17(16-23)8-10-18/h2,7-14H,1,3-6,15H2,(H,24,25). The highest BCUT2D eigenvalue weighted by molar-refractivity contribution is 5.91. The average molecular weight is 362 g/mol. The molecule has 5 nitrogen and oxygen atoms in total. The first-order valence-electron chi connectivity index (χ1n) is 8.82. The predicted molar refractivity (Wildman–Crippen MR) is 105 cm³/mol. The number of nitrogens with one attached hydrogen (secondary N) is 1. The molecule has 0 aliphatic carbocycles. The fraction of sp³-hybridized carbons (Fsp3) is 0.227. The highest BCUT2D eigenvalue weighted by atomic mass is 16.5. The molecule has 0 saturated heterocycles. The number of anilines is 1. The maximum absolute atomic E-state index is 12.0. The summed E-state index contributed by atoms with van der Waals surface area (Å²) >= 11 is 0. The van der Waals surface area contributed by atoms with Gasteiger partial charge >= 0.3 is 5.97 Å². The maximum atomic E-state index is 12.0. The molecular weight excluding hydrogens is 340 g/mol. The Balaban J connectivity index is 1.73. The van der Waals surface area contributed by atoms with E-state index >= 15 is 0 Å².